The van der Waals surface area contributed by atoms with E-state index >= 15 is 0 Å². The van der Waals surface area contributed by atoms with Crippen LogP contribution >= 0.6 is 11.6 Å². The number of hydrogen-bond donors (Lipinski definition) is 1. The average molecular weight is 244 g/mol. The van der Waals surface area contributed by atoms with Gasteiger partial charge in [-0.05, 0) is 19.9 Å². The maximum Gasteiger partial charge on any atom is 0.147 e. The number of nitrogen functional groups attached to an aromatic ring is 1. The lowest BCUT2D eigenvalue weighted by atomic mass is 10.4. The summed E-state index contributed by atoms with van der Waals surface area (Å²) in [5.74, 6) is 0.725. The molecule has 1 aromatic heterocycles. The molecule has 0 bridgehead atoms. The topological polar surface area (TPSA) is 51.4 Å². The molecule has 90 valence electrons. The van der Waals surface area contributed by atoms with Crippen LogP contribution in [-0.4, -0.2) is 31.3 Å². The third-order valence-corrected chi connectivity index (χ3v) is 2.36. The van der Waals surface area contributed by atoms with Gasteiger partial charge in [0, 0.05) is 13.6 Å². The van der Waals surface area contributed by atoms with Crippen LogP contribution in [0.4, 0.5) is 11.5 Å². The Bertz CT molecular complexity index is 344. The van der Waals surface area contributed by atoms with Gasteiger partial charge >= 0.3 is 0 Å². The van der Waals surface area contributed by atoms with Crippen molar-refractivity contribution in [3.8, 4) is 0 Å². The number of nitrogens with zero attached hydrogens (tertiary/aromatic N) is 2. The van der Waals surface area contributed by atoms with E-state index < -0.39 is 0 Å². The number of likely N-dealkylation sites (N-methyl/N-ethyl adjacent to an activating group) is 1. The van der Waals surface area contributed by atoms with E-state index in [0.717, 1.165) is 12.4 Å². The molecule has 0 aromatic carbocycles. The summed E-state index contributed by atoms with van der Waals surface area (Å²) in [6.45, 7) is 5.41. The van der Waals surface area contributed by atoms with E-state index in [9.17, 15) is 0 Å². The molecule has 0 saturated heterocycles. The van der Waals surface area contributed by atoms with E-state index in [4.69, 9.17) is 22.1 Å². The van der Waals surface area contributed by atoms with Crippen LogP contribution in [0.1, 0.15) is 13.8 Å². The molecule has 1 aromatic rings. The summed E-state index contributed by atoms with van der Waals surface area (Å²) in [5.41, 5.74) is 6.15. The quantitative estimate of drug-likeness (QED) is 0.861. The number of ether oxygens (including phenoxy) is 1. The molecule has 0 radical (unpaired) electrons. The van der Waals surface area contributed by atoms with E-state index in [0.29, 0.717) is 17.3 Å². The summed E-state index contributed by atoms with van der Waals surface area (Å²) in [5, 5.41) is 0.562. The maximum atomic E-state index is 6.04. The zero-order valence-corrected chi connectivity index (χ0v) is 10.7. The molecular formula is C11H18ClN3O. The highest BCUT2D eigenvalue weighted by Gasteiger charge is 2.08. The Morgan fingerprint density at radius 2 is 2.25 bits per heavy atom. The Kier molecular flexibility index (Phi) is 4.83. The van der Waals surface area contributed by atoms with Crippen molar-refractivity contribution in [2.45, 2.75) is 20.0 Å². The number of aromatic nitrogens is 1. The summed E-state index contributed by atoms with van der Waals surface area (Å²) in [4.78, 5) is 6.14. The Labute approximate surface area is 101 Å². The number of pyridine rings is 1. The highest BCUT2D eigenvalue weighted by atomic mass is 35.5. The predicted molar refractivity (Wildman–Crippen MR) is 68.0 cm³/mol. The van der Waals surface area contributed by atoms with E-state index in [1.807, 2.05) is 25.8 Å². The van der Waals surface area contributed by atoms with Crippen LogP contribution in [0, 0.1) is 0 Å². The van der Waals surface area contributed by atoms with Gasteiger partial charge < -0.3 is 15.4 Å². The molecule has 0 aliphatic heterocycles. The summed E-state index contributed by atoms with van der Waals surface area (Å²) in [6.07, 6.45) is 1.84. The first kappa shape index (κ1) is 13.1. The number of halogens is 1. The van der Waals surface area contributed by atoms with Crippen LogP contribution in [-0.2, 0) is 4.74 Å². The predicted octanol–water partition coefficient (Wildman–Crippen LogP) is 2.18. The SMILES string of the molecule is CC(C)OCCN(C)c1ncc(N)cc1Cl. The molecule has 1 rings (SSSR count). The second kappa shape index (κ2) is 5.92. The van der Waals surface area contributed by atoms with Crippen molar-refractivity contribution in [3.63, 3.8) is 0 Å². The molecule has 0 amide bonds. The van der Waals surface area contributed by atoms with Gasteiger partial charge in [0.05, 0.1) is 29.6 Å². The maximum absolute atomic E-state index is 6.04. The lowest BCUT2D eigenvalue weighted by Crippen LogP contribution is -2.25. The number of hydrogen-bond acceptors (Lipinski definition) is 4. The zero-order chi connectivity index (χ0) is 12.1. The normalized spacial score (nSPS) is 10.8. The Morgan fingerprint density at radius 3 is 2.81 bits per heavy atom. The average Bonchev–Trinajstić information content (AvgIpc) is 2.16. The molecule has 0 atom stereocenters. The lowest BCUT2D eigenvalue weighted by Gasteiger charge is -2.20. The molecule has 1 heterocycles. The van der Waals surface area contributed by atoms with Crippen LogP contribution in [0.25, 0.3) is 0 Å². The van der Waals surface area contributed by atoms with Crippen molar-refractivity contribution >= 4 is 23.1 Å². The molecule has 5 heteroatoms. The minimum absolute atomic E-state index is 0.239. The second-order valence-electron chi connectivity index (χ2n) is 3.92. The van der Waals surface area contributed by atoms with E-state index in [2.05, 4.69) is 4.98 Å². The fourth-order valence-corrected chi connectivity index (χ4v) is 1.58. The van der Waals surface area contributed by atoms with Crippen molar-refractivity contribution in [2.24, 2.45) is 0 Å². The van der Waals surface area contributed by atoms with Crippen molar-refractivity contribution < 1.29 is 4.74 Å². The molecule has 2 N–H and O–H groups in total. The zero-order valence-electron chi connectivity index (χ0n) is 9.90. The van der Waals surface area contributed by atoms with Crippen LogP contribution in [0.3, 0.4) is 0 Å². The van der Waals surface area contributed by atoms with Gasteiger partial charge in [0.2, 0.25) is 0 Å². The van der Waals surface area contributed by atoms with E-state index in [-0.39, 0.29) is 6.10 Å². The van der Waals surface area contributed by atoms with E-state index in [1.165, 1.54) is 0 Å². The molecule has 0 aliphatic rings. The van der Waals surface area contributed by atoms with Gasteiger partial charge in [-0.25, -0.2) is 4.98 Å². The summed E-state index contributed by atoms with van der Waals surface area (Å²) < 4.78 is 5.46. The van der Waals surface area contributed by atoms with Crippen molar-refractivity contribution in [2.75, 3.05) is 30.8 Å². The highest BCUT2D eigenvalue weighted by Crippen LogP contribution is 2.23. The number of rotatable bonds is 5. The minimum atomic E-state index is 0.239. The fourth-order valence-electron chi connectivity index (χ4n) is 1.26. The molecule has 4 nitrogen and oxygen atoms in total. The monoisotopic (exact) mass is 243 g/mol. The first-order chi connectivity index (χ1) is 7.50. The molecule has 0 unspecified atom stereocenters. The van der Waals surface area contributed by atoms with Gasteiger partial charge in [0.1, 0.15) is 5.82 Å². The van der Waals surface area contributed by atoms with E-state index in [1.54, 1.807) is 12.3 Å². The van der Waals surface area contributed by atoms with Crippen LogP contribution < -0.4 is 10.6 Å². The van der Waals surface area contributed by atoms with Crippen molar-refractivity contribution in [1.29, 1.82) is 0 Å². The molecule has 0 aliphatic carbocycles. The second-order valence-corrected chi connectivity index (χ2v) is 4.32. The number of anilines is 2. The van der Waals surface area contributed by atoms with Gasteiger partial charge in [0.15, 0.2) is 0 Å². The Balaban J connectivity index is 2.55. The van der Waals surface area contributed by atoms with Gasteiger partial charge in [-0.2, -0.15) is 0 Å². The molecule has 0 spiro atoms. The van der Waals surface area contributed by atoms with Crippen LogP contribution in [0.15, 0.2) is 12.3 Å². The fraction of sp³-hybridized carbons (Fsp3) is 0.545. The van der Waals surface area contributed by atoms with Crippen molar-refractivity contribution in [3.05, 3.63) is 17.3 Å². The summed E-state index contributed by atoms with van der Waals surface area (Å²) >= 11 is 6.04. The van der Waals surface area contributed by atoms with Crippen LogP contribution in [0.2, 0.25) is 5.02 Å². The lowest BCUT2D eigenvalue weighted by molar-refractivity contribution is 0.0845. The smallest absolute Gasteiger partial charge is 0.147 e. The number of nitrogens with two attached hydrogens (primary N) is 1. The molecular weight excluding hydrogens is 226 g/mol. The minimum Gasteiger partial charge on any atom is -0.397 e. The Hall–Kier alpha value is -1.00. The van der Waals surface area contributed by atoms with Gasteiger partial charge in [-0.15, -0.1) is 0 Å². The summed E-state index contributed by atoms with van der Waals surface area (Å²) in [7, 11) is 1.92. The Morgan fingerprint density at radius 1 is 1.56 bits per heavy atom. The molecule has 16 heavy (non-hydrogen) atoms. The highest BCUT2D eigenvalue weighted by molar-refractivity contribution is 6.33. The van der Waals surface area contributed by atoms with Gasteiger partial charge in [-0.3, -0.25) is 0 Å². The van der Waals surface area contributed by atoms with Crippen LogP contribution in [0.5, 0.6) is 0 Å². The summed E-state index contributed by atoms with van der Waals surface area (Å²) in [6, 6.07) is 1.70. The third kappa shape index (κ3) is 3.87. The van der Waals surface area contributed by atoms with Gasteiger partial charge in [-0.1, -0.05) is 11.6 Å². The standard InChI is InChI=1S/C11H18ClN3O/c1-8(2)16-5-4-15(3)11-10(12)6-9(13)7-14-11/h6-8H,4-5,13H2,1-3H3. The third-order valence-electron chi connectivity index (χ3n) is 2.08. The molecule has 0 saturated carbocycles. The van der Waals surface area contributed by atoms with Crippen molar-refractivity contribution in [1.82, 2.24) is 4.98 Å². The first-order valence-corrected chi connectivity index (χ1v) is 5.62. The van der Waals surface area contributed by atoms with Gasteiger partial charge in [0.25, 0.3) is 0 Å². The first-order valence-electron chi connectivity index (χ1n) is 5.24. The largest absolute Gasteiger partial charge is 0.397 e. The molecule has 0 fully saturated rings.